The highest BCUT2D eigenvalue weighted by Gasteiger charge is 2.19. The molecule has 118 valence electrons. The van der Waals surface area contributed by atoms with E-state index in [2.05, 4.69) is 20.7 Å². The molecule has 0 unspecified atom stereocenters. The van der Waals surface area contributed by atoms with Gasteiger partial charge in [-0.3, -0.25) is 4.72 Å². The molecule has 5 nitrogen and oxygen atoms in total. The monoisotopic (exact) mass is 404 g/mol. The van der Waals surface area contributed by atoms with Gasteiger partial charge in [0.25, 0.3) is 10.0 Å². The summed E-state index contributed by atoms with van der Waals surface area (Å²) in [7, 11) is -3.83. The van der Waals surface area contributed by atoms with Crippen molar-refractivity contribution in [2.75, 3.05) is 17.1 Å². The maximum absolute atomic E-state index is 12.4. The van der Waals surface area contributed by atoms with Gasteiger partial charge in [0.05, 0.1) is 21.8 Å². The molecule has 2 aromatic rings. The average molecular weight is 406 g/mol. The van der Waals surface area contributed by atoms with Crippen molar-refractivity contribution < 1.29 is 13.2 Å². The summed E-state index contributed by atoms with van der Waals surface area (Å²) in [6.07, 6.45) is 0. The Morgan fingerprint density at radius 3 is 2.64 bits per heavy atom. The fourth-order valence-corrected chi connectivity index (χ4v) is 3.85. The standard InChI is InChI=1S/C14H14BrClN2O3S/c1-2-21-13-6-4-10(8-11(13)15)18-22(19,20)14-7-9(17)3-5-12(14)16/h3-8,18H,2,17H2,1H3. The smallest absolute Gasteiger partial charge is 0.263 e. The number of nitrogens with one attached hydrogen (secondary N) is 1. The average Bonchev–Trinajstić information content (AvgIpc) is 2.44. The van der Waals surface area contributed by atoms with E-state index in [0.717, 1.165) is 0 Å². The first-order valence-electron chi connectivity index (χ1n) is 6.33. The second-order valence-corrected chi connectivity index (χ2v) is 7.29. The molecule has 0 spiro atoms. The number of hydrogen-bond donors (Lipinski definition) is 2. The molecule has 0 saturated carbocycles. The first kappa shape index (κ1) is 16.9. The molecule has 22 heavy (non-hydrogen) atoms. The van der Waals surface area contributed by atoms with Gasteiger partial charge in [-0.15, -0.1) is 0 Å². The summed E-state index contributed by atoms with van der Waals surface area (Å²) in [5.74, 6) is 0.632. The second kappa shape index (κ2) is 6.76. The molecule has 8 heteroatoms. The molecule has 0 aliphatic rings. The molecule has 3 N–H and O–H groups in total. The maximum atomic E-state index is 12.4. The van der Waals surface area contributed by atoms with Crippen molar-refractivity contribution in [3.8, 4) is 5.75 Å². The van der Waals surface area contributed by atoms with Crippen molar-refractivity contribution in [2.45, 2.75) is 11.8 Å². The van der Waals surface area contributed by atoms with E-state index < -0.39 is 10.0 Å². The first-order chi connectivity index (χ1) is 10.3. The van der Waals surface area contributed by atoms with Gasteiger partial charge in [0.15, 0.2) is 0 Å². The largest absolute Gasteiger partial charge is 0.493 e. The van der Waals surface area contributed by atoms with Crippen molar-refractivity contribution in [3.05, 3.63) is 45.9 Å². The van der Waals surface area contributed by atoms with Crippen LogP contribution in [0.3, 0.4) is 0 Å². The molecule has 0 radical (unpaired) electrons. The molecule has 0 aliphatic carbocycles. The highest BCUT2D eigenvalue weighted by Crippen LogP contribution is 2.30. The molecule has 0 aliphatic heterocycles. The van der Waals surface area contributed by atoms with Gasteiger partial charge < -0.3 is 10.5 Å². The van der Waals surface area contributed by atoms with E-state index in [4.69, 9.17) is 22.1 Å². The van der Waals surface area contributed by atoms with Crippen molar-refractivity contribution in [3.63, 3.8) is 0 Å². The van der Waals surface area contributed by atoms with E-state index in [1.165, 1.54) is 18.2 Å². The molecule has 0 amide bonds. The molecule has 0 heterocycles. The van der Waals surface area contributed by atoms with E-state index in [9.17, 15) is 8.42 Å². The molecule has 0 bridgehead atoms. The van der Waals surface area contributed by atoms with Crippen molar-refractivity contribution >= 4 is 48.9 Å². The third-order valence-corrected chi connectivity index (χ3v) is 5.21. The van der Waals surface area contributed by atoms with Crippen LogP contribution in [0.25, 0.3) is 0 Å². The number of nitrogens with two attached hydrogens (primary N) is 1. The van der Waals surface area contributed by atoms with Gasteiger partial charge >= 0.3 is 0 Å². The molecule has 0 atom stereocenters. The highest BCUT2D eigenvalue weighted by molar-refractivity contribution is 9.10. The minimum absolute atomic E-state index is 0.0702. The zero-order valence-electron chi connectivity index (χ0n) is 11.6. The van der Waals surface area contributed by atoms with Crippen LogP contribution in [0.5, 0.6) is 5.75 Å². The first-order valence-corrected chi connectivity index (χ1v) is 8.99. The lowest BCUT2D eigenvalue weighted by Gasteiger charge is -2.12. The number of halogens is 2. The predicted octanol–water partition coefficient (Wildman–Crippen LogP) is 3.88. The van der Waals surface area contributed by atoms with E-state index >= 15 is 0 Å². The van der Waals surface area contributed by atoms with Crippen molar-refractivity contribution in [1.29, 1.82) is 0 Å². The molecule has 0 saturated heterocycles. The van der Waals surface area contributed by atoms with Gasteiger partial charge in [-0.2, -0.15) is 0 Å². The van der Waals surface area contributed by atoms with Crippen LogP contribution < -0.4 is 15.2 Å². The van der Waals surface area contributed by atoms with E-state index in [0.29, 0.717) is 28.2 Å². The van der Waals surface area contributed by atoms with Gasteiger partial charge in [-0.05, 0) is 59.3 Å². The molecule has 0 fully saturated rings. The Labute approximate surface area is 142 Å². The van der Waals surface area contributed by atoms with Gasteiger partial charge in [0, 0.05) is 5.69 Å². The summed E-state index contributed by atoms with van der Waals surface area (Å²) in [6, 6.07) is 9.19. The number of benzene rings is 2. The number of hydrogen-bond acceptors (Lipinski definition) is 4. The lowest BCUT2D eigenvalue weighted by Crippen LogP contribution is -2.14. The normalized spacial score (nSPS) is 11.2. The van der Waals surface area contributed by atoms with Crippen LogP contribution in [0, 0.1) is 0 Å². The fraction of sp³-hybridized carbons (Fsp3) is 0.143. The van der Waals surface area contributed by atoms with Gasteiger partial charge in [0.1, 0.15) is 10.6 Å². The topological polar surface area (TPSA) is 81.4 Å². The van der Waals surface area contributed by atoms with E-state index in [1.54, 1.807) is 18.2 Å². The Morgan fingerprint density at radius 1 is 1.27 bits per heavy atom. The number of ether oxygens (including phenoxy) is 1. The van der Waals surface area contributed by atoms with Crippen LogP contribution in [-0.2, 0) is 10.0 Å². The van der Waals surface area contributed by atoms with Crippen LogP contribution in [0.4, 0.5) is 11.4 Å². The SMILES string of the molecule is CCOc1ccc(NS(=O)(=O)c2cc(N)ccc2Cl)cc1Br. The summed E-state index contributed by atoms with van der Waals surface area (Å²) in [5, 5.41) is 0.103. The van der Waals surface area contributed by atoms with Crippen molar-refractivity contribution in [1.82, 2.24) is 0 Å². The van der Waals surface area contributed by atoms with E-state index in [1.807, 2.05) is 6.92 Å². The zero-order chi connectivity index (χ0) is 16.3. The number of nitrogen functional groups attached to an aromatic ring is 1. The summed E-state index contributed by atoms with van der Waals surface area (Å²) in [5.41, 5.74) is 6.32. The number of rotatable bonds is 5. The quantitative estimate of drug-likeness (QED) is 0.740. The minimum Gasteiger partial charge on any atom is -0.493 e. The van der Waals surface area contributed by atoms with Gasteiger partial charge in [-0.25, -0.2) is 8.42 Å². The highest BCUT2D eigenvalue weighted by atomic mass is 79.9. The maximum Gasteiger partial charge on any atom is 0.263 e. The van der Waals surface area contributed by atoms with Crippen LogP contribution in [0.2, 0.25) is 5.02 Å². The lowest BCUT2D eigenvalue weighted by atomic mass is 10.3. The summed E-state index contributed by atoms with van der Waals surface area (Å²) in [4.78, 5) is -0.0702. The Bertz CT molecular complexity index is 797. The third kappa shape index (κ3) is 3.85. The molecule has 0 aromatic heterocycles. The van der Waals surface area contributed by atoms with Crippen LogP contribution in [-0.4, -0.2) is 15.0 Å². The van der Waals surface area contributed by atoms with Crippen molar-refractivity contribution in [2.24, 2.45) is 0 Å². The minimum atomic E-state index is -3.83. The lowest BCUT2D eigenvalue weighted by molar-refractivity contribution is 0.338. The van der Waals surface area contributed by atoms with Gasteiger partial charge in [0.2, 0.25) is 0 Å². The van der Waals surface area contributed by atoms with Crippen LogP contribution in [0.15, 0.2) is 45.8 Å². The Balaban J connectivity index is 2.33. The third-order valence-electron chi connectivity index (χ3n) is 2.73. The summed E-state index contributed by atoms with van der Waals surface area (Å²) < 4.78 is 33.3. The zero-order valence-corrected chi connectivity index (χ0v) is 14.8. The van der Waals surface area contributed by atoms with Crippen LogP contribution >= 0.6 is 27.5 Å². The molecule has 2 aromatic carbocycles. The van der Waals surface area contributed by atoms with E-state index in [-0.39, 0.29) is 9.92 Å². The summed E-state index contributed by atoms with van der Waals surface area (Å²) >= 11 is 9.27. The molecular formula is C14H14BrClN2O3S. The van der Waals surface area contributed by atoms with Gasteiger partial charge in [-0.1, -0.05) is 11.6 Å². The second-order valence-electron chi connectivity index (χ2n) is 4.37. The number of sulfonamides is 1. The number of anilines is 2. The Hall–Kier alpha value is -1.44. The Kier molecular flexibility index (Phi) is 5.20. The molecule has 2 rings (SSSR count). The predicted molar refractivity (Wildman–Crippen MR) is 92.0 cm³/mol. The van der Waals surface area contributed by atoms with Crippen LogP contribution in [0.1, 0.15) is 6.92 Å². The summed E-state index contributed by atoms with van der Waals surface area (Å²) in [6.45, 7) is 2.38. The Morgan fingerprint density at radius 2 is 2.00 bits per heavy atom. The fourth-order valence-electron chi connectivity index (χ4n) is 1.77. The molecular weight excluding hydrogens is 392 g/mol.